The summed E-state index contributed by atoms with van der Waals surface area (Å²) >= 11 is 7.50. The number of hydrogen-bond acceptors (Lipinski definition) is 5. The molecule has 7 heteroatoms. The van der Waals surface area contributed by atoms with Crippen molar-refractivity contribution in [2.45, 2.75) is 19.2 Å². The van der Waals surface area contributed by atoms with Crippen molar-refractivity contribution in [3.63, 3.8) is 0 Å². The highest BCUT2D eigenvalue weighted by molar-refractivity contribution is 7.98. The summed E-state index contributed by atoms with van der Waals surface area (Å²) in [5.41, 5.74) is 1.68. The Kier molecular flexibility index (Phi) is 5.37. The van der Waals surface area contributed by atoms with Gasteiger partial charge in [-0.05, 0) is 44.4 Å². The molecule has 22 heavy (non-hydrogen) atoms. The molecule has 1 atom stereocenters. The summed E-state index contributed by atoms with van der Waals surface area (Å²) in [6.07, 6.45) is 1.90. The molecule has 118 valence electrons. The third-order valence-corrected chi connectivity index (χ3v) is 4.24. The first kappa shape index (κ1) is 16.7. The standard InChI is InChI=1S/C15H17ClN2O3S/c1-4-21-15(20)12-7-9(2)18(17-12)14(22-3)11-8-10(16)5-6-13(11)19/h5-8,14,19H,4H2,1-3H3. The SMILES string of the molecule is CCOC(=O)c1cc(C)n(C(SC)c2cc(Cl)ccc2O)n1. The minimum atomic E-state index is -0.459. The van der Waals surface area contributed by atoms with Crippen LogP contribution in [0.4, 0.5) is 0 Å². The molecule has 0 radical (unpaired) electrons. The Morgan fingerprint density at radius 2 is 2.23 bits per heavy atom. The lowest BCUT2D eigenvalue weighted by atomic mass is 10.2. The Morgan fingerprint density at radius 1 is 1.50 bits per heavy atom. The highest BCUT2D eigenvalue weighted by Crippen LogP contribution is 2.36. The predicted octanol–water partition coefficient (Wildman–Crippen LogP) is 3.64. The van der Waals surface area contributed by atoms with Crippen LogP contribution in [-0.2, 0) is 4.74 Å². The summed E-state index contributed by atoms with van der Waals surface area (Å²) in [5, 5.41) is 14.6. The molecule has 0 aliphatic heterocycles. The quantitative estimate of drug-likeness (QED) is 0.842. The average Bonchev–Trinajstić information content (AvgIpc) is 2.86. The van der Waals surface area contributed by atoms with Gasteiger partial charge < -0.3 is 9.84 Å². The maximum absolute atomic E-state index is 11.8. The first-order valence-corrected chi connectivity index (χ1v) is 8.39. The Hall–Kier alpha value is -1.66. The number of phenolic OH excluding ortho intramolecular Hbond substituents is 1. The normalized spacial score (nSPS) is 12.2. The topological polar surface area (TPSA) is 64.3 Å². The Labute approximate surface area is 138 Å². The fraction of sp³-hybridized carbons (Fsp3) is 0.333. The number of halogens is 1. The molecule has 1 heterocycles. The second-order valence-electron chi connectivity index (χ2n) is 4.63. The average molecular weight is 341 g/mol. The highest BCUT2D eigenvalue weighted by Gasteiger charge is 2.22. The number of ether oxygens (including phenoxy) is 1. The molecule has 0 aliphatic rings. The van der Waals surface area contributed by atoms with Crippen LogP contribution in [0.25, 0.3) is 0 Å². The molecular formula is C15H17ClN2O3S. The lowest BCUT2D eigenvalue weighted by Crippen LogP contribution is -2.12. The number of nitrogens with zero attached hydrogens (tertiary/aromatic N) is 2. The van der Waals surface area contributed by atoms with E-state index in [0.29, 0.717) is 17.2 Å². The molecule has 0 saturated heterocycles. The molecule has 0 saturated carbocycles. The Morgan fingerprint density at radius 3 is 2.86 bits per heavy atom. The van der Waals surface area contributed by atoms with Gasteiger partial charge in [-0.3, -0.25) is 4.68 Å². The van der Waals surface area contributed by atoms with Crippen LogP contribution in [0.15, 0.2) is 24.3 Å². The van der Waals surface area contributed by atoms with Crippen LogP contribution in [-0.4, -0.2) is 33.7 Å². The van der Waals surface area contributed by atoms with E-state index in [2.05, 4.69) is 5.10 Å². The van der Waals surface area contributed by atoms with Crippen LogP contribution in [0.3, 0.4) is 0 Å². The summed E-state index contributed by atoms with van der Waals surface area (Å²) in [5.74, 6) is -0.323. The van der Waals surface area contributed by atoms with Gasteiger partial charge in [0, 0.05) is 16.3 Å². The Bertz CT molecular complexity index is 687. The molecule has 1 aromatic carbocycles. The second kappa shape index (κ2) is 7.07. The number of thioether (sulfide) groups is 1. The van der Waals surface area contributed by atoms with Crippen LogP contribution in [0.1, 0.15) is 34.0 Å². The van der Waals surface area contributed by atoms with Crippen molar-refractivity contribution in [2.75, 3.05) is 12.9 Å². The molecule has 1 aromatic heterocycles. The zero-order valence-corrected chi connectivity index (χ0v) is 14.1. The number of carbonyl (C=O) groups excluding carboxylic acids is 1. The van der Waals surface area contributed by atoms with E-state index < -0.39 is 5.97 Å². The second-order valence-corrected chi connectivity index (χ2v) is 5.98. The summed E-state index contributed by atoms with van der Waals surface area (Å²) in [4.78, 5) is 11.8. The molecular weight excluding hydrogens is 324 g/mol. The van der Waals surface area contributed by atoms with Gasteiger partial charge in [-0.2, -0.15) is 5.10 Å². The molecule has 0 fully saturated rings. The van der Waals surface area contributed by atoms with E-state index in [4.69, 9.17) is 16.3 Å². The van der Waals surface area contributed by atoms with Gasteiger partial charge in [0.25, 0.3) is 0 Å². The van der Waals surface area contributed by atoms with Crippen molar-refractivity contribution in [1.29, 1.82) is 0 Å². The highest BCUT2D eigenvalue weighted by atomic mass is 35.5. The van der Waals surface area contributed by atoms with Crippen LogP contribution in [0, 0.1) is 6.92 Å². The van der Waals surface area contributed by atoms with Gasteiger partial charge in [-0.1, -0.05) is 11.6 Å². The van der Waals surface area contributed by atoms with E-state index in [1.54, 1.807) is 35.9 Å². The molecule has 2 aromatic rings. The zero-order valence-electron chi connectivity index (χ0n) is 12.5. The van der Waals surface area contributed by atoms with E-state index in [9.17, 15) is 9.90 Å². The molecule has 5 nitrogen and oxygen atoms in total. The van der Waals surface area contributed by atoms with E-state index in [-0.39, 0.29) is 16.8 Å². The van der Waals surface area contributed by atoms with Crippen LogP contribution in [0.5, 0.6) is 5.75 Å². The predicted molar refractivity (Wildman–Crippen MR) is 87.7 cm³/mol. The lowest BCUT2D eigenvalue weighted by Gasteiger charge is -2.18. The summed E-state index contributed by atoms with van der Waals surface area (Å²) in [6.45, 7) is 3.89. The summed E-state index contributed by atoms with van der Waals surface area (Å²) in [7, 11) is 0. The van der Waals surface area contributed by atoms with Crippen LogP contribution < -0.4 is 0 Å². The van der Waals surface area contributed by atoms with Gasteiger partial charge in [0.05, 0.1) is 6.61 Å². The van der Waals surface area contributed by atoms with E-state index in [1.807, 2.05) is 13.2 Å². The number of aromatic hydroxyl groups is 1. The monoisotopic (exact) mass is 340 g/mol. The molecule has 0 amide bonds. The smallest absolute Gasteiger partial charge is 0.358 e. The lowest BCUT2D eigenvalue weighted by molar-refractivity contribution is 0.0518. The number of esters is 1. The number of hydrogen-bond donors (Lipinski definition) is 1. The molecule has 0 aliphatic carbocycles. The first-order chi connectivity index (χ1) is 10.5. The fourth-order valence-electron chi connectivity index (χ4n) is 2.11. The third kappa shape index (κ3) is 3.39. The minimum absolute atomic E-state index is 0.135. The number of benzene rings is 1. The molecule has 1 N–H and O–H groups in total. The van der Waals surface area contributed by atoms with Gasteiger partial charge >= 0.3 is 5.97 Å². The molecule has 1 unspecified atom stereocenters. The molecule has 2 rings (SSSR count). The van der Waals surface area contributed by atoms with Crippen molar-refractivity contribution in [3.05, 3.63) is 46.2 Å². The van der Waals surface area contributed by atoms with Crippen molar-refractivity contribution < 1.29 is 14.6 Å². The minimum Gasteiger partial charge on any atom is -0.508 e. The summed E-state index contributed by atoms with van der Waals surface area (Å²) < 4.78 is 6.65. The first-order valence-electron chi connectivity index (χ1n) is 6.72. The largest absolute Gasteiger partial charge is 0.508 e. The molecule has 0 bridgehead atoms. The fourth-order valence-corrected chi connectivity index (χ4v) is 3.15. The van der Waals surface area contributed by atoms with Crippen molar-refractivity contribution in [1.82, 2.24) is 9.78 Å². The van der Waals surface area contributed by atoms with E-state index in [1.165, 1.54) is 11.8 Å². The van der Waals surface area contributed by atoms with Crippen LogP contribution >= 0.6 is 23.4 Å². The number of carbonyl (C=O) groups is 1. The Balaban J connectivity index is 2.43. The van der Waals surface area contributed by atoms with Gasteiger partial charge in [-0.15, -0.1) is 11.8 Å². The maximum atomic E-state index is 11.8. The number of aromatic nitrogens is 2. The van der Waals surface area contributed by atoms with Crippen molar-refractivity contribution in [2.24, 2.45) is 0 Å². The number of phenols is 1. The van der Waals surface area contributed by atoms with Crippen molar-refractivity contribution in [3.8, 4) is 5.75 Å². The zero-order chi connectivity index (χ0) is 16.3. The maximum Gasteiger partial charge on any atom is 0.358 e. The van der Waals surface area contributed by atoms with Gasteiger partial charge in [-0.25, -0.2) is 4.79 Å². The van der Waals surface area contributed by atoms with Crippen molar-refractivity contribution >= 4 is 29.3 Å². The molecule has 0 spiro atoms. The van der Waals surface area contributed by atoms with E-state index in [0.717, 1.165) is 5.69 Å². The number of rotatable bonds is 5. The van der Waals surface area contributed by atoms with Gasteiger partial charge in [0.15, 0.2) is 5.69 Å². The third-order valence-electron chi connectivity index (χ3n) is 3.11. The number of aryl methyl sites for hydroxylation is 1. The van der Waals surface area contributed by atoms with Gasteiger partial charge in [0.1, 0.15) is 11.1 Å². The van der Waals surface area contributed by atoms with Crippen LogP contribution in [0.2, 0.25) is 5.02 Å². The van der Waals surface area contributed by atoms with Gasteiger partial charge in [0.2, 0.25) is 0 Å². The summed E-state index contributed by atoms with van der Waals surface area (Å²) in [6, 6.07) is 6.54. The van der Waals surface area contributed by atoms with E-state index >= 15 is 0 Å².